The molecule has 0 aliphatic carbocycles. The Morgan fingerprint density at radius 1 is 1.42 bits per heavy atom. The molecular weight excluding hydrogens is 148 g/mol. The fraction of sp³-hybridized carbons (Fsp3) is 0.700. The maximum absolute atomic E-state index is 4.16. The Hall–Kier alpha value is -0.790. The fourth-order valence-electron chi connectivity index (χ4n) is 1.70. The van der Waals surface area contributed by atoms with Crippen molar-refractivity contribution in [2.24, 2.45) is 13.0 Å². The smallest absolute Gasteiger partial charge is 0.0492 e. The number of hydrogen-bond acceptors (Lipinski definition) is 1. The molecule has 0 amide bonds. The molecule has 1 atom stereocenters. The molecule has 12 heavy (non-hydrogen) atoms. The second kappa shape index (κ2) is 3.74. The van der Waals surface area contributed by atoms with Crippen LogP contribution in [0.25, 0.3) is 0 Å². The monoisotopic (exact) mass is 166 g/mol. The van der Waals surface area contributed by atoms with Crippen molar-refractivity contribution in [3.63, 3.8) is 0 Å². The molecule has 0 saturated carbocycles. The highest BCUT2D eigenvalue weighted by Crippen LogP contribution is 2.21. The summed E-state index contributed by atoms with van der Waals surface area (Å²) >= 11 is 0. The summed E-state index contributed by atoms with van der Waals surface area (Å²) in [5.41, 5.74) is 1.34. The summed E-state index contributed by atoms with van der Waals surface area (Å²) in [7, 11) is 2.01. The predicted octanol–water partition coefficient (Wildman–Crippen LogP) is 2.57. The summed E-state index contributed by atoms with van der Waals surface area (Å²) in [5, 5.41) is 4.16. The highest BCUT2D eigenvalue weighted by atomic mass is 15.3. The Balaban J connectivity index is 2.65. The van der Waals surface area contributed by atoms with Crippen LogP contribution in [-0.2, 0) is 7.05 Å². The molecule has 1 rings (SSSR count). The summed E-state index contributed by atoms with van der Waals surface area (Å²) in [6.07, 6.45) is 3.10. The number of rotatable bonds is 3. The van der Waals surface area contributed by atoms with Crippen LogP contribution in [0.15, 0.2) is 12.3 Å². The third-order valence-corrected chi connectivity index (χ3v) is 2.19. The molecule has 1 heterocycles. The van der Waals surface area contributed by atoms with Gasteiger partial charge in [0.1, 0.15) is 0 Å². The second-order valence-electron chi connectivity index (χ2n) is 3.91. The molecule has 1 unspecified atom stereocenters. The van der Waals surface area contributed by atoms with Gasteiger partial charge in [0.15, 0.2) is 0 Å². The average molecular weight is 166 g/mol. The minimum Gasteiger partial charge on any atom is -0.272 e. The topological polar surface area (TPSA) is 17.8 Å². The quantitative estimate of drug-likeness (QED) is 0.674. The van der Waals surface area contributed by atoms with Crippen LogP contribution < -0.4 is 0 Å². The van der Waals surface area contributed by atoms with Crippen LogP contribution in [0.2, 0.25) is 0 Å². The van der Waals surface area contributed by atoms with Crippen LogP contribution >= 0.6 is 0 Å². The van der Waals surface area contributed by atoms with E-state index >= 15 is 0 Å². The van der Waals surface area contributed by atoms with Crippen LogP contribution in [0.3, 0.4) is 0 Å². The van der Waals surface area contributed by atoms with Gasteiger partial charge in [0, 0.05) is 18.9 Å². The van der Waals surface area contributed by atoms with Crippen LogP contribution in [0.5, 0.6) is 0 Å². The summed E-state index contributed by atoms with van der Waals surface area (Å²) in [4.78, 5) is 0. The lowest BCUT2D eigenvalue weighted by atomic mass is 9.96. The van der Waals surface area contributed by atoms with E-state index in [4.69, 9.17) is 0 Å². The Kier molecular flexibility index (Phi) is 2.90. The molecule has 0 radical (unpaired) electrons. The van der Waals surface area contributed by atoms with Crippen molar-refractivity contribution in [3.8, 4) is 0 Å². The molecule has 0 aliphatic heterocycles. The molecule has 0 saturated heterocycles. The average Bonchev–Trinajstić information content (AvgIpc) is 2.33. The van der Waals surface area contributed by atoms with Crippen LogP contribution in [0.1, 0.15) is 38.8 Å². The van der Waals surface area contributed by atoms with E-state index < -0.39 is 0 Å². The Bertz CT molecular complexity index is 238. The number of hydrogen-bond donors (Lipinski definition) is 0. The van der Waals surface area contributed by atoms with Gasteiger partial charge in [0.25, 0.3) is 0 Å². The summed E-state index contributed by atoms with van der Waals surface area (Å²) in [5.74, 6) is 1.38. The second-order valence-corrected chi connectivity index (χ2v) is 3.91. The highest BCUT2D eigenvalue weighted by molar-refractivity contribution is 5.06. The first-order valence-corrected chi connectivity index (χ1v) is 4.59. The van der Waals surface area contributed by atoms with E-state index in [0.29, 0.717) is 5.92 Å². The lowest BCUT2D eigenvalue weighted by Gasteiger charge is -2.13. The molecule has 0 aromatic carbocycles. The van der Waals surface area contributed by atoms with E-state index in [2.05, 4.69) is 31.9 Å². The van der Waals surface area contributed by atoms with Crippen molar-refractivity contribution in [3.05, 3.63) is 18.0 Å². The first-order chi connectivity index (χ1) is 5.61. The van der Waals surface area contributed by atoms with Gasteiger partial charge in [-0.25, -0.2) is 0 Å². The van der Waals surface area contributed by atoms with E-state index in [1.807, 2.05) is 17.9 Å². The molecule has 1 aromatic rings. The molecule has 2 nitrogen and oxygen atoms in total. The number of aromatic nitrogens is 2. The molecule has 1 aromatic heterocycles. The molecule has 0 N–H and O–H groups in total. The minimum atomic E-state index is 0.623. The molecule has 0 spiro atoms. The molecule has 0 aliphatic rings. The predicted molar refractivity (Wildman–Crippen MR) is 51.1 cm³/mol. The van der Waals surface area contributed by atoms with Crippen molar-refractivity contribution >= 4 is 0 Å². The van der Waals surface area contributed by atoms with E-state index in [1.54, 1.807) is 0 Å². The van der Waals surface area contributed by atoms with Crippen molar-refractivity contribution in [1.82, 2.24) is 9.78 Å². The fourth-order valence-corrected chi connectivity index (χ4v) is 1.70. The number of nitrogens with zero attached hydrogens (tertiary/aromatic N) is 2. The normalized spacial score (nSPS) is 13.8. The lowest BCUT2D eigenvalue weighted by Crippen LogP contribution is -2.05. The summed E-state index contributed by atoms with van der Waals surface area (Å²) in [6, 6.07) is 2.10. The number of aryl methyl sites for hydroxylation is 1. The zero-order valence-corrected chi connectivity index (χ0v) is 8.41. The molecule has 68 valence electrons. The zero-order valence-electron chi connectivity index (χ0n) is 8.41. The van der Waals surface area contributed by atoms with E-state index in [-0.39, 0.29) is 0 Å². The van der Waals surface area contributed by atoms with Gasteiger partial charge in [0.05, 0.1) is 0 Å². The van der Waals surface area contributed by atoms with Gasteiger partial charge < -0.3 is 0 Å². The van der Waals surface area contributed by atoms with Crippen molar-refractivity contribution in [2.75, 3.05) is 0 Å². The largest absolute Gasteiger partial charge is 0.272 e. The molecule has 0 fully saturated rings. The van der Waals surface area contributed by atoms with Crippen molar-refractivity contribution in [2.45, 2.75) is 33.1 Å². The third kappa shape index (κ3) is 2.10. The van der Waals surface area contributed by atoms with Gasteiger partial charge >= 0.3 is 0 Å². The maximum Gasteiger partial charge on any atom is 0.0492 e. The Labute approximate surface area is 74.6 Å². The summed E-state index contributed by atoms with van der Waals surface area (Å²) in [6.45, 7) is 6.77. The first kappa shape index (κ1) is 9.30. The molecule has 0 bridgehead atoms. The molecule has 2 heteroatoms. The van der Waals surface area contributed by atoms with Crippen molar-refractivity contribution < 1.29 is 0 Å². The van der Waals surface area contributed by atoms with Crippen LogP contribution in [0, 0.1) is 5.92 Å². The standard InChI is InChI=1S/C10H18N2/c1-8(2)7-9(3)10-5-6-11-12(10)4/h5-6,8-9H,7H2,1-4H3. The van der Waals surface area contributed by atoms with Gasteiger partial charge in [-0.15, -0.1) is 0 Å². The first-order valence-electron chi connectivity index (χ1n) is 4.59. The molecular formula is C10H18N2. The van der Waals surface area contributed by atoms with Crippen LogP contribution in [0.4, 0.5) is 0 Å². The Morgan fingerprint density at radius 2 is 2.08 bits per heavy atom. The summed E-state index contributed by atoms with van der Waals surface area (Å²) < 4.78 is 1.97. The van der Waals surface area contributed by atoms with E-state index in [1.165, 1.54) is 12.1 Å². The third-order valence-electron chi connectivity index (χ3n) is 2.19. The van der Waals surface area contributed by atoms with Gasteiger partial charge in [-0.05, 0) is 24.3 Å². The van der Waals surface area contributed by atoms with Gasteiger partial charge in [-0.3, -0.25) is 4.68 Å². The van der Waals surface area contributed by atoms with Gasteiger partial charge in [-0.2, -0.15) is 5.10 Å². The van der Waals surface area contributed by atoms with E-state index in [9.17, 15) is 0 Å². The van der Waals surface area contributed by atoms with Gasteiger partial charge in [0.2, 0.25) is 0 Å². The van der Waals surface area contributed by atoms with Crippen LogP contribution in [-0.4, -0.2) is 9.78 Å². The van der Waals surface area contributed by atoms with Gasteiger partial charge in [-0.1, -0.05) is 20.8 Å². The zero-order chi connectivity index (χ0) is 9.14. The minimum absolute atomic E-state index is 0.623. The van der Waals surface area contributed by atoms with E-state index in [0.717, 1.165) is 5.92 Å². The van der Waals surface area contributed by atoms with Crippen molar-refractivity contribution in [1.29, 1.82) is 0 Å². The maximum atomic E-state index is 4.16. The highest BCUT2D eigenvalue weighted by Gasteiger charge is 2.10. The SMILES string of the molecule is CC(C)CC(C)c1ccnn1C. The Morgan fingerprint density at radius 3 is 2.50 bits per heavy atom. The lowest BCUT2D eigenvalue weighted by molar-refractivity contribution is 0.499.